The number of nitrogens with zero attached hydrogens (tertiary/aromatic N) is 2. The first-order chi connectivity index (χ1) is 10.3. The predicted octanol–water partition coefficient (Wildman–Crippen LogP) is 3.76. The van der Waals surface area contributed by atoms with Crippen LogP contribution >= 0.6 is 0 Å². The van der Waals surface area contributed by atoms with Crippen molar-refractivity contribution in [1.82, 2.24) is 10.2 Å². The van der Waals surface area contributed by atoms with Crippen molar-refractivity contribution in [3.8, 4) is 11.3 Å². The van der Waals surface area contributed by atoms with E-state index in [1.54, 1.807) is 0 Å². The lowest BCUT2D eigenvalue weighted by atomic mass is 9.89. The van der Waals surface area contributed by atoms with Crippen LogP contribution in [0.5, 0.6) is 0 Å². The highest BCUT2D eigenvalue weighted by molar-refractivity contribution is 5.99. The monoisotopic (exact) mass is 275 g/mol. The first-order valence-corrected chi connectivity index (χ1v) is 7.46. The van der Waals surface area contributed by atoms with Crippen LogP contribution in [-0.2, 0) is 12.8 Å². The average Bonchev–Trinajstić information content (AvgIpc) is 2.55. The zero-order chi connectivity index (χ0) is 14.2. The predicted molar refractivity (Wildman–Crippen MR) is 86.0 cm³/mol. The third-order valence-electron chi connectivity index (χ3n) is 4.34. The van der Waals surface area contributed by atoms with Crippen LogP contribution in [0.15, 0.2) is 42.5 Å². The summed E-state index contributed by atoms with van der Waals surface area (Å²) in [5.41, 5.74) is 10.9. The van der Waals surface area contributed by atoms with Crippen LogP contribution in [0.1, 0.15) is 24.0 Å². The standard InChI is InChI=1S/C18H17N3/c19-18-16-8-4-3-7-15(16)17(20-21-18)14-10-9-12-5-1-2-6-13(12)11-14/h3-4,7-11H,1-2,5-6H2,(H2,19,21). The summed E-state index contributed by atoms with van der Waals surface area (Å²) in [7, 11) is 0. The van der Waals surface area contributed by atoms with E-state index in [9.17, 15) is 0 Å². The Morgan fingerprint density at radius 1 is 0.810 bits per heavy atom. The number of nitrogens with two attached hydrogens (primary N) is 1. The number of rotatable bonds is 1. The number of aryl methyl sites for hydroxylation is 2. The number of aromatic nitrogens is 2. The molecule has 0 unspecified atom stereocenters. The molecule has 104 valence electrons. The van der Waals surface area contributed by atoms with Gasteiger partial charge < -0.3 is 5.73 Å². The second-order valence-corrected chi connectivity index (χ2v) is 5.67. The van der Waals surface area contributed by atoms with Crippen molar-refractivity contribution in [2.45, 2.75) is 25.7 Å². The highest BCUT2D eigenvalue weighted by Gasteiger charge is 2.13. The molecule has 0 atom stereocenters. The molecule has 0 aliphatic heterocycles. The summed E-state index contributed by atoms with van der Waals surface area (Å²) in [6.45, 7) is 0. The molecule has 0 saturated carbocycles. The minimum Gasteiger partial charge on any atom is -0.382 e. The molecule has 1 heterocycles. The van der Waals surface area contributed by atoms with Gasteiger partial charge in [-0.2, -0.15) is 0 Å². The highest BCUT2D eigenvalue weighted by atomic mass is 15.1. The van der Waals surface area contributed by atoms with Gasteiger partial charge in [-0.05, 0) is 42.9 Å². The third-order valence-corrected chi connectivity index (χ3v) is 4.34. The first-order valence-electron chi connectivity index (χ1n) is 7.46. The van der Waals surface area contributed by atoms with Gasteiger partial charge in [-0.1, -0.05) is 36.4 Å². The third kappa shape index (κ3) is 2.05. The van der Waals surface area contributed by atoms with Gasteiger partial charge in [0.05, 0.1) is 0 Å². The zero-order valence-electron chi connectivity index (χ0n) is 11.8. The fraction of sp³-hybridized carbons (Fsp3) is 0.222. The van der Waals surface area contributed by atoms with Gasteiger partial charge in [0.25, 0.3) is 0 Å². The van der Waals surface area contributed by atoms with Crippen molar-refractivity contribution in [3.05, 3.63) is 53.6 Å². The fourth-order valence-electron chi connectivity index (χ4n) is 3.22. The van der Waals surface area contributed by atoms with Crippen molar-refractivity contribution in [3.63, 3.8) is 0 Å². The molecule has 0 amide bonds. The molecule has 0 bridgehead atoms. The molecule has 2 aromatic carbocycles. The molecular weight excluding hydrogens is 258 g/mol. The molecule has 1 aliphatic carbocycles. The molecule has 0 saturated heterocycles. The lowest BCUT2D eigenvalue weighted by Gasteiger charge is -2.16. The molecule has 0 spiro atoms. The highest BCUT2D eigenvalue weighted by Crippen LogP contribution is 2.31. The minimum absolute atomic E-state index is 0.493. The molecule has 3 aromatic rings. The van der Waals surface area contributed by atoms with E-state index in [-0.39, 0.29) is 0 Å². The number of nitrogen functional groups attached to an aromatic ring is 1. The van der Waals surface area contributed by atoms with Crippen LogP contribution in [0.3, 0.4) is 0 Å². The second-order valence-electron chi connectivity index (χ2n) is 5.67. The normalized spacial score (nSPS) is 14.1. The van der Waals surface area contributed by atoms with Gasteiger partial charge in [0.15, 0.2) is 5.82 Å². The Kier molecular flexibility index (Phi) is 2.85. The molecular formula is C18H17N3. The Hall–Kier alpha value is -2.42. The van der Waals surface area contributed by atoms with Crippen molar-refractivity contribution >= 4 is 16.6 Å². The maximum atomic E-state index is 5.94. The molecule has 0 fully saturated rings. The van der Waals surface area contributed by atoms with E-state index in [2.05, 4.69) is 34.5 Å². The Labute approximate surface area is 123 Å². The van der Waals surface area contributed by atoms with Crippen LogP contribution in [0.25, 0.3) is 22.0 Å². The summed E-state index contributed by atoms with van der Waals surface area (Å²) >= 11 is 0. The van der Waals surface area contributed by atoms with Gasteiger partial charge in [0.2, 0.25) is 0 Å². The van der Waals surface area contributed by atoms with Gasteiger partial charge in [-0.25, -0.2) is 0 Å². The van der Waals surface area contributed by atoms with E-state index < -0.39 is 0 Å². The smallest absolute Gasteiger partial charge is 0.154 e. The van der Waals surface area contributed by atoms with E-state index >= 15 is 0 Å². The second kappa shape index (κ2) is 4.85. The lowest BCUT2D eigenvalue weighted by Crippen LogP contribution is -2.03. The number of anilines is 1. The average molecular weight is 275 g/mol. The van der Waals surface area contributed by atoms with E-state index in [4.69, 9.17) is 5.73 Å². The minimum atomic E-state index is 0.493. The summed E-state index contributed by atoms with van der Waals surface area (Å²) in [5, 5.41) is 10.5. The van der Waals surface area contributed by atoms with Crippen molar-refractivity contribution in [1.29, 1.82) is 0 Å². The summed E-state index contributed by atoms with van der Waals surface area (Å²) in [6.07, 6.45) is 4.95. The molecule has 4 rings (SSSR count). The van der Waals surface area contributed by atoms with Gasteiger partial charge in [-0.3, -0.25) is 0 Å². The Bertz CT molecular complexity index is 824. The van der Waals surface area contributed by atoms with Crippen molar-refractivity contribution in [2.75, 3.05) is 5.73 Å². The molecule has 1 aliphatic rings. The van der Waals surface area contributed by atoms with Gasteiger partial charge in [-0.15, -0.1) is 10.2 Å². The number of benzene rings is 2. The molecule has 3 heteroatoms. The Morgan fingerprint density at radius 3 is 2.43 bits per heavy atom. The molecule has 2 N–H and O–H groups in total. The van der Waals surface area contributed by atoms with Crippen LogP contribution in [0, 0.1) is 0 Å². The number of hydrogen-bond acceptors (Lipinski definition) is 3. The quantitative estimate of drug-likeness (QED) is 0.735. The van der Waals surface area contributed by atoms with Crippen LogP contribution in [-0.4, -0.2) is 10.2 Å². The van der Waals surface area contributed by atoms with Gasteiger partial charge in [0.1, 0.15) is 5.69 Å². The summed E-state index contributed by atoms with van der Waals surface area (Å²) in [5.74, 6) is 0.493. The SMILES string of the molecule is Nc1nnc(-c2ccc3c(c2)CCCC3)c2ccccc12. The topological polar surface area (TPSA) is 51.8 Å². The van der Waals surface area contributed by atoms with Crippen LogP contribution in [0.4, 0.5) is 5.82 Å². The van der Waals surface area contributed by atoms with E-state index in [0.29, 0.717) is 5.82 Å². The van der Waals surface area contributed by atoms with Crippen molar-refractivity contribution < 1.29 is 0 Å². The van der Waals surface area contributed by atoms with Crippen LogP contribution < -0.4 is 5.73 Å². The lowest BCUT2D eigenvalue weighted by molar-refractivity contribution is 0.686. The zero-order valence-corrected chi connectivity index (χ0v) is 11.8. The number of fused-ring (bicyclic) bond motifs is 2. The first kappa shape index (κ1) is 12.3. The summed E-state index contributed by atoms with van der Waals surface area (Å²) in [6, 6.07) is 14.8. The Balaban J connectivity index is 1.92. The molecule has 0 radical (unpaired) electrons. The molecule has 3 nitrogen and oxygen atoms in total. The number of hydrogen-bond donors (Lipinski definition) is 1. The van der Waals surface area contributed by atoms with E-state index in [0.717, 1.165) is 22.0 Å². The largest absolute Gasteiger partial charge is 0.382 e. The molecule has 1 aromatic heterocycles. The Morgan fingerprint density at radius 2 is 1.57 bits per heavy atom. The van der Waals surface area contributed by atoms with Gasteiger partial charge in [0, 0.05) is 16.3 Å². The summed E-state index contributed by atoms with van der Waals surface area (Å²) < 4.78 is 0. The van der Waals surface area contributed by atoms with E-state index in [1.165, 1.54) is 36.8 Å². The van der Waals surface area contributed by atoms with Crippen molar-refractivity contribution in [2.24, 2.45) is 0 Å². The van der Waals surface area contributed by atoms with Crippen LogP contribution in [0.2, 0.25) is 0 Å². The van der Waals surface area contributed by atoms with Gasteiger partial charge >= 0.3 is 0 Å². The molecule has 21 heavy (non-hydrogen) atoms. The maximum absolute atomic E-state index is 5.94. The summed E-state index contributed by atoms with van der Waals surface area (Å²) in [4.78, 5) is 0. The fourth-order valence-corrected chi connectivity index (χ4v) is 3.22. The maximum Gasteiger partial charge on any atom is 0.154 e. The van der Waals surface area contributed by atoms with E-state index in [1.807, 2.05) is 18.2 Å².